The quantitative estimate of drug-likeness (QED) is 0.915. The summed E-state index contributed by atoms with van der Waals surface area (Å²) in [5.41, 5.74) is 3.39. The van der Waals surface area contributed by atoms with Gasteiger partial charge in [-0.3, -0.25) is 4.79 Å². The summed E-state index contributed by atoms with van der Waals surface area (Å²) in [6.07, 6.45) is 4.56. The Morgan fingerprint density at radius 3 is 2.60 bits per heavy atom. The van der Waals surface area contributed by atoms with Gasteiger partial charge in [0.25, 0.3) is 5.91 Å². The van der Waals surface area contributed by atoms with E-state index < -0.39 is 0 Å². The standard InChI is InChI=1S/C22H26N2O/c25-22(24-14-6-12-21(24)17-7-2-1-3-8-17)19-10-4-9-18(15-19)20-11-5-13-23-16-20/h1-4,7-10,15,20-21,23H,5-6,11-14,16H2/t20-,21+/m1/s1. The summed E-state index contributed by atoms with van der Waals surface area (Å²) in [6.45, 7) is 2.99. The molecule has 3 heteroatoms. The normalized spacial score (nSPS) is 23.6. The minimum absolute atomic E-state index is 0.178. The molecule has 2 aliphatic heterocycles. The molecule has 0 unspecified atom stereocenters. The maximum Gasteiger partial charge on any atom is 0.254 e. The molecule has 0 aliphatic carbocycles. The van der Waals surface area contributed by atoms with Crippen LogP contribution in [0.5, 0.6) is 0 Å². The highest BCUT2D eigenvalue weighted by atomic mass is 16.2. The van der Waals surface area contributed by atoms with Gasteiger partial charge in [0.1, 0.15) is 0 Å². The maximum absolute atomic E-state index is 13.2. The topological polar surface area (TPSA) is 32.3 Å². The third-order valence-corrected chi connectivity index (χ3v) is 5.60. The van der Waals surface area contributed by atoms with Crippen LogP contribution in [0, 0.1) is 0 Å². The molecular weight excluding hydrogens is 308 g/mol. The predicted octanol–water partition coefficient (Wildman–Crippen LogP) is 4.13. The van der Waals surface area contributed by atoms with E-state index in [1.807, 2.05) is 18.2 Å². The minimum atomic E-state index is 0.178. The average Bonchev–Trinajstić information content (AvgIpc) is 3.19. The Kier molecular flexibility index (Phi) is 4.84. The summed E-state index contributed by atoms with van der Waals surface area (Å²) in [7, 11) is 0. The molecule has 130 valence electrons. The molecule has 1 N–H and O–H groups in total. The van der Waals surface area contributed by atoms with Gasteiger partial charge in [-0.15, -0.1) is 0 Å². The van der Waals surface area contributed by atoms with E-state index >= 15 is 0 Å². The Labute approximate surface area is 150 Å². The van der Waals surface area contributed by atoms with Crippen LogP contribution in [0.4, 0.5) is 0 Å². The molecule has 1 amide bonds. The van der Waals surface area contributed by atoms with Crippen LogP contribution >= 0.6 is 0 Å². The molecular formula is C22H26N2O. The first-order valence-corrected chi connectivity index (χ1v) is 9.49. The van der Waals surface area contributed by atoms with E-state index in [1.165, 1.54) is 24.0 Å². The van der Waals surface area contributed by atoms with E-state index in [9.17, 15) is 4.79 Å². The molecule has 0 saturated carbocycles. The first-order valence-electron chi connectivity index (χ1n) is 9.49. The van der Waals surface area contributed by atoms with Crippen molar-refractivity contribution in [3.8, 4) is 0 Å². The SMILES string of the molecule is O=C(c1cccc([C@@H]2CCCNC2)c1)N1CCC[C@H]1c1ccccc1. The Morgan fingerprint density at radius 2 is 1.80 bits per heavy atom. The van der Waals surface area contributed by atoms with Gasteiger partial charge in [0, 0.05) is 18.7 Å². The van der Waals surface area contributed by atoms with Crippen LogP contribution in [0.3, 0.4) is 0 Å². The number of amides is 1. The van der Waals surface area contributed by atoms with E-state index in [1.54, 1.807) is 0 Å². The highest BCUT2D eigenvalue weighted by Gasteiger charge is 2.30. The number of carbonyl (C=O) groups excluding carboxylic acids is 1. The highest BCUT2D eigenvalue weighted by molar-refractivity contribution is 5.95. The zero-order valence-corrected chi connectivity index (χ0v) is 14.7. The number of nitrogens with one attached hydrogen (secondary N) is 1. The van der Waals surface area contributed by atoms with Crippen molar-refractivity contribution in [1.82, 2.24) is 10.2 Å². The first kappa shape index (κ1) is 16.3. The molecule has 2 aliphatic rings. The van der Waals surface area contributed by atoms with Gasteiger partial charge in [-0.1, -0.05) is 42.5 Å². The second-order valence-electron chi connectivity index (χ2n) is 7.24. The van der Waals surface area contributed by atoms with Gasteiger partial charge in [0.2, 0.25) is 0 Å². The third kappa shape index (κ3) is 3.47. The summed E-state index contributed by atoms with van der Waals surface area (Å²) in [6, 6.07) is 19.0. The van der Waals surface area contributed by atoms with Crippen molar-refractivity contribution in [2.45, 2.75) is 37.6 Å². The molecule has 0 spiro atoms. The van der Waals surface area contributed by atoms with Gasteiger partial charge in [0.05, 0.1) is 6.04 Å². The van der Waals surface area contributed by atoms with Crippen LogP contribution in [-0.2, 0) is 0 Å². The zero-order chi connectivity index (χ0) is 17.1. The number of hydrogen-bond acceptors (Lipinski definition) is 2. The van der Waals surface area contributed by atoms with Crippen LogP contribution in [-0.4, -0.2) is 30.4 Å². The first-order chi connectivity index (χ1) is 12.3. The maximum atomic E-state index is 13.2. The lowest BCUT2D eigenvalue weighted by molar-refractivity contribution is 0.0735. The van der Waals surface area contributed by atoms with Gasteiger partial charge >= 0.3 is 0 Å². The number of carbonyl (C=O) groups is 1. The molecule has 0 aromatic heterocycles. The number of benzene rings is 2. The van der Waals surface area contributed by atoms with Crippen LogP contribution in [0.1, 0.15) is 59.1 Å². The van der Waals surface area contributed by atoms with E-state index in [4.69, 9.17) is 0 Å². The fraction of sp³-hybridized carbons (Fsp3) is 0.409. The number of nitrogens with zero attached hydrogens (tertiary/aromatic N) is 1. The molecule has 2 aromatic rings. The molecule has 3 nitrogen and oxygen atoms in total. The summed E-state index contributed by atoms with van der Waals surface area (Å²) >= 11 is 0. The second-order valence-corrected chi connectivity index (χ2v) is 7.24. The molecule has 0 radical (unpaired) electrons. The Bertz CT molecular complexity index is 722. The lowest BCUT2D eigenvalue weighted by Crippen LogP contribution is -2.31. The number of piperidine rings is 1. The molecule has 0 bridgehead atoms. The lowest BCUT2D eigenvalue weighted by atomic mass is 9.90. The second kappa shape index (κ2) is 7.40. The Hall–Kier alpha value is -2.13. The van der Waals surface area contributed by atoms with E-state index in [0.29, 0.717) is 5.92 Å². The van der Waals surface area contributed by atoms with Crippen molar-refractivity contribution < 1.29 is 4.79 Å². The van der Waals surface area contributed by atoms with E-state index in [0.717, 1.165) is 38.0 Å². The molecule has 4 rings (SSSR count). The van der Waals surface area contributed by atoms with Gasteiger partial charge in [0.15, 0.2) is 0 Å². The molecule has 2 atom stereocenters. The molecule has 2 aromatic carbocycles. The van der Waals surface area contributed by atoms with Gasteiger partial charge in [-0.25, -0.2) is 0 Å². The molecule has 2 fully saturated rings. The van der Waals surface area contributed by atoms with Crippen LogP contribution < -0.4 is 5.32 Å². The van der Waals surface area contributed by atoms with Crippen molar-refractivity contribution in [3.63, 3.8) is 0 Å². The highest BCUT2D eigenvalue weighted by Crippen LogP contribution is 2.33. The van der Waals surface area contributed by atoms with Crippen molar-refractivity contribution in [1.29, 1.82) is 0 Å². The van der Waals surface area contributed by atoms with Crippen LogP contribution in [0.2, 0.25) is 0 Å². The van der Waals surface area contributed by atoms with Crippen molar-refractivity contribution in [2.24, 2.45) is 0 Å². The van der Waals surface area contributed by atoms with Crippen LogP contribution in [0.25, 0.3) is 0 Å². The summed E-state index contributed by atoms with van der Waals surface area (Å²) < 4.78 is 0. The lowest BCUT2D eigenvalue weighted by Gasteiger charge is -2.26. The van der Waals surface area contributed by atoms with Gasteiger partial charge < -0.3 is 10.2 Å². The van der Waals surface area contributed by atoms with Crippen molar-refractivity contribution >= 4 is 5.91 Å². The van der Waals surface area contributed by atoms with Gasteiger partial charge in [-0.2, -0.15) is 0 Å². The van der Waals surface area contributed by atoms with Crippen molar-refractivity contribution in [3.05, 3.63) is 71.3 Å². The fourth-order valence-corrected chi connectivity index (χ4v) is 4.26. The van der Waals surface area contributed by atoms with Gasteiger partial charge in [-0.05, 0) is 61.4 Å². The largest absolute Gasteiger partial charge is 0.332 e. The predicted molar refractivity (Wildman–Crippen MR) is 101 cm³/mol. The third-order valence-electron chi connectivity index (χ3n) is 5.60. The van der Waals surface area contributed by atoms with Crippen molar-refractivity contribution in [2.75, 3.05) is 19.6 Å². The number of rotatable bonds is 3. The molecule has 2 heterocycles. The number of hydrogen-bond donors (Lipinski definition) is 1. The van der Waals surface area contributed by atoms with E-state index in [2.05, 4.69) is 46.6 Å². The van der Waals surface area contributed by atoms with Crippen LogP contribution in [0.15, 0.2) is 54.6 Å². The van der Waals surface area contributed by atoms with E-state index in [-0.39, 0.29) is 11.9 Å². The Balaban J connectivity index is 1.56. The smallest absolute Gasteiger partial charge is 0.254 e. The molecule has 2 saturated heterocycles. The fourth-order valence-electron chi connectivity index (χ4n) is 4.26. The minimum Gasteiger partial charge on any atom is -0.332 e. The Morgan fingerprint density at radius 1 is 0.960 bits per heavy atom. The summed E-state index contributed by atoms with van der Waals surface area (Å²) in [5.74, 6) is 0.710. The average molecular weight is 334 g/mol. The summed E-state index contributed by atoms with van der Waals surface area (Å²) in [4.78, 5) is 15.2. The monoisotopic (exact) mass is 334 g/mol. The zero-order valence-electron chi connectivity index (χ0n) is 14.7. The summed E-state index contributed by atoms with van der Waals surface area (Å²) in [5, 5.41) is 3.47. The number of likely N-dealkylation sites (tertiary alicyclic amines) is 1. The molecule has 25 heavy (non-hydrogen) atoms.